The molecule has 1 heterocycles. The SMILES string of the molecule is COCCOCOc1ccc2c(c1)[C@H](NC(=O)c1ccc(-c3ccccc3)cc1)[C@@H](O)[C@H](CC(=O)O)N2C(=O)OCC[Si](C)(C)C. The lowest BCUT2D eigenvalue weighted by atomic mass is 9.86. The van der Waals surface area contributed by atoms with E-state index in [1.54, 1.807) is 37.4 Å². The van der Waals surface area contributed by atoms with Crippen molar-refractivity contribution < 1.29 is 43.5 Å². The van der Waals surface area contributed by atoms with Gasteiger partial charge < -0.3 is 34.5 Å². The Labute approximate surface area is 270 Å². The van der Waals surface area contributed by atoms with E-state index in [4.69, 9.17) is 18.9 Å². The van der Waals surface area contributed by atoms with Gasteiger partial charge in [0.05, 0.1) is 50.1 Å². The van der Waals surface area contributed by atoms with Gasteiger partial charge in [0.1, 0.15) is 5.75 Å². The van der Waals surface area contributed by atoms with E-state index in [-0.39, 0.29) is 13.4 Å². The molecule has 0 aromatic heterocycles. The molecule has 46 heavy (non-hydrogen) atoms. The molecule has 3 atom stereocenters. The summed E-state index contributed by atoms with van der Waals surface area (Å²) in [5, 5.41) is 24.3. The number of fused-ring (bicyclic) bond motifs is 1. The average Bonchev–Trinajstić information content (AvgIpc) is 3.02. The van der Waals surface area contributed by atoms with Crippen molar-refractivity contribution in [2.45, 2.75) is 50.3 Å². The predicted octanol–water partition coefficient (Wildman–Crippen LogP) is 5.32. The number of anilines is 1. The maximum absolute atomic E-state index is 13.5. The Morgan fingerprint density at radius 3 is 2.26 bits per heavy atom. The number of hydrogen-bond acceptors (Lipinski definition) is 8. The zero-order chi connectivity index (χ0) is 33.3. The number of nitrogens with one attached hydrogen (secondary N) is 1. The molecule has 2 amide bonds. The smallest absolute Gasteiger partial charge is 0.414 e. The number of carbonyl (C=O) groups excluding carboxylic acids is 2. The second-order valence-corrected chi connectivity index (χ2v) is 17.9. The highest BCUT2D eigenvalue weighted by Gasteiger charge is 2.45. The van der Waals surface area contributed by atoms with E-state index in [9.17, 15) is 24.6 Å². The van der Waals surface area contributed by atoms with Gasteiger partial charge >= 0.3 is 12.1 Å². The maximum atomic E-state index is 13.5. The Morgan fingerprint density at radius 2 is 1.61 bits per heavy atom. The van der Waals surface area contributed by atoms with Crippen LogP contribution >= 0.6 is 0 Å². The minimum atomic E-state index is -1.54. The lowest BCUT2D eigenvalue weighted by molar-refractivity contribution is -0.138. The second kappa shape index (κ2) is 15.9. The highest BCUT2D eigenvalue weighted by molar-refractivity contribution is 6.76. The van der Waals surface area contributed by atoms with E-state index in [0.29, 0.717) is 41.8 Å². The van der Waals surface area contributed by atoms with Gasteiger partial charge in [0.2, 0.25) is 0 Å². The number of carboxylic acid groups (broad SMARTS) is 1. The van der Waals surface area contributed by atoms with Crippen molar-refractivity contribution in [3.63, 3.8) is 0 Å². The lowest BCUT2D eigenvalue weighted by Gasteiger charge is -2.43. The minimum absolute atomic E-state index is 0.0838. The van der Waals surface area contributed by atoms with Crippen LogP contribution in [0.2, 0.25) is 25.7 Å². The Bertz CT molecular complexity index is 1480. The van der Waals surface area contributed by atoms with Crippen LogP contribution in [0.3, 0.4) is 0 Å². The molecule has 246 valence electrons. The van der Waals surface area contributed by atoms with Gasteiger partial charge in [-0.2, -0.15) is 0 Å². The molecule has 3 N–H and O–H groups in total. The first kappa shape index (κ1) is 34.6. The van der Waals surface area contributed by atoms with E-state index >= 15 is 0 Å². The Morgan fingerprint density at radius 1 is 0.913 bits per heavy atom. The molecule has 0 fully saturated rings. The van der Waals surface area contributed by atoms with E-state index in [1.165, 1.54) is 4.90 Å². The summed E-state index contributed by atoms with van der Waals surface area (Å²) in [4.78, 5) is 40.2. The highest BCUT2D eigenvalue weighted by atomic mass is 28.3. The molecule has 0 spiro atoms. The van der Waals surface area contributed by atoms with Crippen LogP contribution in [-0.4, -0.2) is 82.1 Å². The number of aliphatic hydroxyl groups is 1. The maximum Gasteiger partial charge on any atom is 0.414 e. The molecule has 0 radical (unpaired) electrons. The van der Waals surface area contributed by atoms with Crippen molar-refractivity contribution >= 4 is 31.7 Å². The molecule has 0 bridgehead atoms. The molecular formula is C34H42N2O9Si. The number of carbonyl (C=O) groups is 3. The van der Waals surface area contributed by atoms with Crippen LogP contribution in [0.4, 0.5) is 10.5 Å². The van der Waals surface area contributed by atoms with Gasteiger partial charge in [0, 0.05) is 26.3 Å². The fourth-order valence-corrected chi connectivity index (χ4v) is 5.82. The van der Waals surface area contributed by atoms with Gasteiger partial charge in [0.25, 0.3) is 5.91 Å². The quantitative estimate of drug-likeness (QED) is 0.120. The molecule has 0 saturated carbocycles. The minimum Gasteiger partial charge on any atom is -0.481 e. The number of hydrogen-bond donors (Lipinski definition) is 3. The van der Waals surface area contributed by atoms with E-state index in [1.807, 2.05) is 42.5 Å². The fourth-order valence-electron chi connectivity index (χ4n) is 5.11. The molecule has 1 aliphatic heterocycles. The van der Waals surface area contributed by atoms with Crippen LogP contribution in [0.5, 0.6) is 5.75 Å². The van der Waals surface area contributed by atoms with Gasteiger partial charge in [-0.1, -0.05) is 62.1 Å². The fraction of sp³-hybridized carbons (Fsp3) is 0.382. The zero-order valence-corrected chi connectivity index (χ0v) is 27.6. The summed E-state index contributed by atoms with van der Waals surface area (Å²) in [6.07, 6.45) is -2.84. The number of benzene rings is 3. The third-order valence-electron chi connectivity index (χ3n) is 7.60. The molecule has 0 saturated heterocycles. The zero-order valence-electron chi connectivity index (χ0n) is 26.6. The number of rotatable bonds is 14. The number of ether oxygens (including phenoxy) is 4. The van der Waals surface area contributed by atoms with Gasteiger partial charge in [-0.15, -0.1) is 0 Å². The molecule has 0 aliphatic carbocycles. The molecule has 0 unspecified atom stereocenters. The van der Waals surface area contributed by atoms with E-state index < -0.39 is 50.7 Å². The van der Waals surface area contributed by atoms with Crippen LogP contribution in [0.15, 0.2) is 72.8 Å². The Hall–Kier alpha value is -4.23. The third-order valence-corrected chi connectivity index (χ3v) is 9.30. The summed E-state index contributed by atoms with van der Waals surface area (Å²) in [5.41, 5.74) is 2.93. The van der Waals surface area contributed by atoms with Crippen molar-refractivity contribution in [3.05, 3.63) is 83.9 Å². The summed E-state index contributed by atoms with van der Waals surface area (Å²) < 4.78 is 21.7. The molecule has 12 heteroatoms. The summed E-state index contributed by atoms with van der Waals surface area (Å²) in [7, 11) is 0.0215. The number of aliphatic hydroxyl groups excluding tert-OH is 1. The predicted molar refractivity (Wildman–Crippen MR) is 176 cm³/mol. The van der Waals surface area contributed by atoms with Crippen molar-refractivity contribution in [2.24, 2.45) is 0 Å². The van der Waals surface area contributed by atoms with Crippen molar-refractivity contribution in [1.82, 2.24) is 5.32 Å². The molecular weight excluding hydrogens is 608 g/mol. The van der Waals surface area contributed by atoms with Crippen molar-refractivity contribution in [3.8, 4) is 16.9 Å². The number of carboxylic acids is 1. The second-order valence-electron chi connectivity index (χ2n) is 12.2. The number of nitrogens with zero attached hydrogens (tertiary/aromatic N) is 1. The average molecular weight is 651 g/mol. The topological polar surface area (TPSA) is 144 Å². The summed E-state index contributed by atoms with van der Waals surface area (Å²) in [6, 6.07) is 20.0. The summed E-state index contributed by atoms with van der Waals surface area (Å²) >= 11 is 0. The molecule has 1 aliphatic rings. The first-order chi connectivity index (χ1) is 22.0. The first-order valence-corrected chi connectivity index (χ1v) is 18.8. The Kier molecular flexibility index (Phi) is 11.9. The Balaban J connectivity index is 1.66. The van der Waals surface area contributed by atoms with Crippen molar-refractivity contribution in [1.29, 1.82) is 0 Å². The molecule has 11 nitrogen and oxygen atoms in total. The summed E-state index contributed by atoms with van der Waals surface area (Å²) in [5.74, 6) is -1.34. The van der Waals surface area contributed by atoms with Gasteiger partial charge in [-0.3, -0.25) is 14.5 Å². The van der Waals surface area contributed by atoms with E-state index in [0.717, 1.165) is 11.1 Å². The van der Waals surface area contributed by atoms with Crippen LogP contribution in [0.1, 0.15) is 28.4 Å². The number of aliphatic carboxylic acids is 1. The van der Waals surface area contributed by atoms with Crippen LogP contribution < -0.4 is 15.0 Å². The normalized spacial score (nSPS) is 17.6. The molecule has 4 rings (SSSR count). The monoisotopic (exact) mass is 650 g/mol. The summed E-state index contributed by atoms with van der Waals surface area (Å²) in [6.45, 7) is 7.23. The standard InChI is InChI=1S/C34H42N2O9Si/c1-42-16-17-43-22-45-26-14-15-28-27(20-26)31(35-33(40)25-12-10-24(11-13-25)23-8-6-5-7-9-23)32(39)29(21-30(37)38)36(28)34(41)44-18-19-46(2,3)4/h5-15,20,29,31-32,39H,16-19,21-22H2,1-4H3,(H,35,40)(H,37,38)/t29-,31-,32-/m0/s1. The van der Waals surface area contributed by atoms with Gasteiger partial charge in [0.15, 0.2) is 6.79 Å². The molecule has 3 aromatic rings. The van der Waals surface area contributed by atoms with Gasteiger partial charge in [-0.05, 0) is 47.5 Å². The molecule has 3 aromatic carbocycles. The third kappa shape index (κ3) is 9.16. The van der Waals surface area contributed by atoms with Gasteiger partial charge in [-0.25, -0.2) is 4.79 Å². The van der Waals surface area contributed by atoms with Crippen LogP contribution in [0.25, 0.3) is 11.1 Å². The number of methoxy groups -OCH3 is 1. The first-order valence-electron chi connectivity index (χ1n) is 15.1. The lowest BCUT2D eigenvalue weighted by Crippen LogP contribution is -2.57. The largest absolute Gasteiger partial charge is 0.481 e. The van der Waals surface area contributed by atoms with Crippen molar-refractivity contribution in [2.75, 3.05) is 38.6 Å². The highest BCUT2D eigenvalue weighted by Crippen LogP contribution is 2.41. The van der Waals surface area contributed by atoms with Crippen LogP contribution in [-0.2, 0) is 19.0 Å². The number of amides is 2. The van der Waals surface area contributed by atoms with E-state index in [2.05, 4.69) is 25.0 Å². The van der Waals surface area contributed by atoms with Crippen LogP contribution in [0, 0.1) is 0 Å².